The summed E-state index contributed by atoms with van der Waals surface area (Å²) in [5.41, 5.74) is 3.38. The number of amides is 1. The number of hydrogen-bond acceptors (Lipinski definition) is 5. The Morgan fingerprint density at radius 3 is 2.78 bits per heavy atom. The van der Waals surface area contributed by atoms with Crippen LogP contribution in [0, 0.1) is 0 Å². The standard InChI is InChI=1S/C12H14N2O4/c13-14-11(15)8-1-2-9-10(7-8)16-4-3-12(9)17-5-6-18-12/h1-2,7H,3-6,13H2,(H,14,15). The maximum Gasteiger partial charge on any atom is 0.265 e. The number of nitrogens with two attached hydrogens (primary N) is 1. The number of ether oxygens (including phenoxy) is 3. The van der Waals surface area contributed by atoms with Crippen molar-refractivity contribution in [3.63, 3.8) is 0 Å². The zero-order chi connectivity index (χ0) is 12.6. The first-order chi connectivity index (χ1) is 8.75. The molecule has 2 heterocycles. The molecule has 1 spiro atoms. The van der Waals surface area contributed by atoms with Crippen LogP contribution in [0.1, 0.15) is 22.3 Å². The number of nitrogens with one attached hydrogen (secondary N) is 1. The van der Waals surface area contributed by atoms with E-state index in [2.05, 4.69) is 5.43 Å². The third kappa shape index (κ3) is 1.66. The molecular formula is C12H14N2O4. The van der Waals surface area contributed by atoms with Crippen molar-refractivity contribution in [2.24, 2.45) is 5.84 Å². The molecule has 0 bridgehead atoms. The number of benzene rings is 1. The molecule has 1 aromatic rings. The van der Waals surface area contributed by atoms with E-state index in [0.717, 1.165) is 5.56 Å². The van der Waals surface area contributed by atoms with E-state index in [1.54, 1.807) is 18.2 Å². The van der Waals surface area contributed by atoms with Gasteiger partial charge in [0.2, 0.25) is 5.79 Å². The predicted octanol–water partition coefficient (Wildman–Crippen LogP) is 0.272. The molecule has 1 saturated heterocycles. The summed E-state index contributed by atoms with van der Waals surface area (Å²) in [6, 6.07) is 5.14. The topological polar surface area (TPSA) is 82.8 Å². The van der Waals surface area contributed by atoms with Crippen molar-refractivity contribution in [3.05, 3.63) is 29.3 Å². The lowest BCUT2D eigenvalue weighted by Gasteiger charge is -2.33. The molecule has 1 aromatic carbocycles. The Bertz CT molecular complexity index is 483. The van der Waals surface area contributed by atoms with Gasteiger partial charge in [0.1, 0.15) is 5.75 Å². The van der Waals surface area contributed by atoms with Crippen LogP contribution in [0.15, 0.2) is 18.2 Å². The fourth-order valence-electron chi connectivity index (χ4n) is 2.37. The summed E-state index contributed by atoms with van der Waals surface area (Å²) in [7, 11) is 0. The van der Waals surface area contributed by atoms with Crippen LogP contribution in [0.2, 0.25) is 0 Å². The van der Waals surface area contributed by atoms with E-state index in [4.69, 9.17) is 20.1 Å². The van der Waals surface area contributed by atoms with Gasteiger partial charge in [0, 0.05) is 12.0 Å². The number of nitrogen functional groups attached to an aromatic ring is 1. The summed E-state index contributed by atoms with van der Waals surface area (Å²) in [5.74, 6) is 4.67. The molecule has 0 aromatic heterocycles. The first-order valence-corrected chi connectivity index (χ1v) is 5.81. The SMILES string of the molecule is NNC(=O)c1ccc2c(c1)OCCC21OCCO1. The molecule has 0 saturated carbocycles. The fourth-order valence-corrected chi connectivity index (χ4v) is 2.37. The normalized spacial score (nSPS) is 20.3. The van der Waals surface area contributed by atoms with Crippen molar-refractivity contribution in [2.45, 2.75) is 12.2 Å². The van der Waals surface area contributed by atoms with Gasteiger partial charge in [0.05, 0.1) is 25.4 Å². The second-order valence-corrected chi connectivity index (χ2v) is 4.23. The molecule has 3 rings (SSSR count). The zero-order valence-electron chi connectivity index (χ0n) is 9.77. The van der Waals surface area contributed by atoms with Crippen molar-refractivity contribution in [1.82, 2.24) is 5.43 Å². The van der Waals surface area contributed by atoms with Crippen LogP contribution in [0.3, 0.4) is 0 Å². The monoisotopic (exact) mass is 250 g/mol. The molecule has 96 valence electrons. The summed E-state index contributed by atoms with van der Waals surface area (Å²) < 4.78 is 17.0. The van der Waals surface area contributed by atoms with Gasteiger partial charge in [-0.2, -0.15) is 0 Å². The molecule has 2 aliphatic rings. The van der Waals surface area contributed by atoms with Gasteiger partial charge in [-0.25, -0.2) is 5.84 Å². The molecule has 6 nitrogen and oxygen atoms in total. The second-order valence-electron chi connectivity index (χ2n) is 4.23. The maximum atomic E-state index is 11.5. The lowest BCUT2D eigenvalue weighted by molar-refractivity contribution is -0.183. The van der Waals surface area contributed by atoms with Gasteiger partial charge in [0.25, 0.3) is 5.91 Å². The lowest BCUT2D eigenvalue weighted by atomic mass is 9.97. The van der Waals surface area contributed by atoms with Gasteiger partial charge in [-0.1, -0.05) is 0 Å². The molecule has 0 unspecified atom stereocenters. The second kappa shape index (κ2) is 4.24. The minimum Gasteiger partial charge on any atom is -0.493 e. The van der Waals surface area contributed by atoms with Gasteiger partial charge in [-0.3, -0.25) is 10.2 Å². The number of fused-ring (bicyclic) bond motifs is 2. The first-order valence-electron chi connectivity index (χ1n) is 5.81. The third-order valence-electron chi connectivity index (χ3n) is 3.23. The molecular weight excluding hydrogens is 236 g/mol. The Hall–Kier alpha value is -1.63. The maximum absolute atomic E-state index is 11.5. The Morgan fingerprint density at radius 2 is 2.06 bits per heavy atom. The van der Waals surface area contributed by atoms with Crippen molar-refractivity contribution < 1.29 is 19.0 Å². The highest BCUT2D eigenvalue weighted by Crippen LogP contribution is 2.43. The van der Waals surface area contributed by atoms with Crippen LogP contribution in [0.4, 0.5) is 0 Å². The van der Waals surface area contributed by atoms with Gasteiger partial charge in [0.15, 0.2) is 0 Å². The van der Waals surface area contributed by atoms with Gasteiger partial charge in [-0.05, 0) is 18.2 Å². The Morgan fingerprint density at radius 1 is 1.28 bits per heavy atom. The number of rotatable bonds is 1. The summed E-state index contributed by atoms with van der Waals surface area (Å²) in [6.07, 6.45) is 0.655. The molecule has 0 aliphatic carbocycles. The van der Waals surface area contributed by atoms with Crippen LogP contribution in [-0.2, 0) is 15.3 Å². The Labute approximate surface area is 104 Å². The summed E-state index contributed by atoms with van der Waals surface area (Å²) in [4.78, 5) is 11.5. The molecule has 1 fully saturated rings. The van der Waals surface area contributed by atoms with E-state index >= 15 is 0 Å². The Balaban J connectivity index is 2.02. The molecule has 0 radical (unpaired) electrons. The van der Waals surface area contributed by atoms with E-state index < -0.39 is 5.79 Å². The van der Waals surface area contributed by atoms with Gasteiger partial charge in [-0.15, -0.1) is 0 Å². The first kappa shape index (κ1) is 11.5. The van der Waals surface area contributed by atoms with E-state index in [1.807, 2.05) is 0 Å². The molecule has 3 N–H and O–H groups in total. The van der Waals surface area contributed by atoms with Gasteiger partial charge < -0.3 is 14.2 Å². The molecule has 2 aliphatic heterocycles. The molecule has 1 amide bonds. The molecule has 18 heavy (non-hydrogen) atoms. The van der Waals surface area contributed by atoms with Crippen LogP contribution in [-0.4, -0.2) is 25.7 Å². The highest BCUT2D eigenvalue weighted by atomic mass is 16.7. The van der Waals surface area contributed by atoms with Crippen molar-refractivity contribution in [3.8, 4) is 5.75 Å². The lowest BCUT2D eigenvalue weighted by Crippen LogP contribution is -2.34. The fraction of sp³-hybridized carbons (Fsp3) is 0.417. The zero-order valence-corrected chi connectivity index (χ0v) is 9.77. The molecule has 0 atom stereocenters. The van der Waals surface area contributed by atoms with Crippen LogP contribution in [0.25, 0.3) is 0 Å². The summed E-state index contributed by atoms with van der Waals surface area (Å²) >= 11 is 0. The largest absolute Gasteiger partial charge is 0.493 e. The quantitative estimate of drug-likeness (QED) is 0.425. The van der Waals surface area contributed by atoms with Crippen molar-refractivity contribution in [2.75, 3.05) is 19.8 Å². The number of hydrogen-bond donors (Lipinski definition) is 2. The highest BCUT2D eigenvalue weighted by Gasteiger charge is 2.43. The third-order valence-corrected chi connectivity index (χ3v) is 3.23. The summed E-state index contributed by atoms with van der Waals surface area (Å²) in [6.45, 7) is 1.65. The van der Waals surface area contributed by atoms with E-state index in [9.17, 15) is 4.79 Å². The number of hydrazine groups is 1. The minimum atomic E-state index is -0.703. The Kier molecular flexibility index (Phi) is 2.70. The van der Waals surface area contributed by atoms with Crippen molar-refractivity contribution >= 4 is 5.91 Å². The van der Waals surface area contributed by atoms with Gasteiger partial charge >= 0.3 is 0 Å². The van der Waals surface area contributed by atoms with E-state index in [-0.39, 0.29) is 5.91 Å². The molecule has 6 heteroatoms. The number of carbonyl (C=O) groups excluding carboxylic acids is 1. The van der Waals surface area contributed by atoms with Crippen LogP contribution < -0.4 is 16.0 Å². The smallest absolute Gasteiger partial charge is 0.265 e. The summed E-state index contributed by atoms with van der Waals surface area (Å²) in [5, 5.41) is 0. The highest BCUT2D eigenvalue weighted by molar-refractivity contribution is 5.94. The average Bonchev–Trinajstić information content (AvgIpc) is 2.87. The van der Waals surface area contributed by atoms with Crippen molar-refractivity contribution in [1.29, 1.82) is 0 Å². The number of carbonyl (C=O) groups is 1. The van der Waals surface area contributed by atoms with Crippen LogP contribution >= 0.6 is 0 Å². The predicted molar refractivity (Wildman–Crippen MR) is 61.8 cm³/mol. The van der Waals surface area contributed by atoms with E-state index in [0.29, 0.717) is 37.6 Å². The average molecular weight is 250 g/mol. The van der Waals surface area contributed by atoms with E-state index in [1.165, 1.54) is 0 Å². The van der Waals surface area contributed by atoms with Crippen LogP contribution in [0.5, 0.6) is 5.75 Å². The minimum absolute atomic E-state index is 0.353.